The fourth-order valence-corrected chi connectivity index (χ4v) is 4.35. The highest BCUT2D eigenvalue weighted by molar-refractivity contribution is 6.30. The molecule has 1 aliphatic heterocycles. The lowest BCUT2D eigenvalue weighted by molar-refractivity contribution is -0.134. The third kappa shape index (κ3) is 4.41. The Kier molecular flexibility index (Phi) is 6.61. The lowest BCUT2D eigenvalue weighted by Gasteiger charge is -2.38. The molecule has 0 unspecified atom stereocenters. The minimum absolute atomic E-state index is 0.0685. The smallest absolute Gasteiger partial charge is 0.254 e. The molecule has 1 aromatic heterocycles. The minimum Gasteiger partial charge on any atom is -0.348 e. The number of hydrogen-bond donors (Lipinski definition) is 0. The first-order chi connectivity index (χ1) is 15.5. The number of fused-ring (bicyclic) bond motifs is 1. The van der Waals surface area contributed by atoms with Crippen LogP contribution in [0.25, 0.3) is 0 Å². The zero-order valence-electron chi connectivity index (χ0n) is 17.9. The summed E-state index contributed by atoms with van der Waals surface area (Å²) in [6.07, 6.45) is 2.66. The van der Waals surface area contributed by atoms with Crippen molar-refractivity contribution in [2.45, 2.75) is 25.9 Å². The Bertz CT molecular complexity index is 1110. The van der Waals surface area contributed by atoms with Crippen molar-refractivity contribution in [3.63, 3.8) is 0 Å². The minimum atomic E-state index is -0.540. The summed E-state index contributed by atoms with van der Waals surface area (Å²) in [4.78, 5) is 29.8. The van der Waals surface area contributed by atoms with Crippen LogP contribution in [0.4, 0.5) is 4.39 Å². The van der Waals surface area contributed by atoms with Crippen LogP contribution >= 0.6 is 11.6 Å². The van der Waals surface area contributed by atoms with E-state index in [1.807, 2.05) is 29.8 Å². The van der Waals surface area contributed by atoms with Crippen LogP contribution in [0.15, 0.2) is 66.9 Å². The molecule has 0 fully saturated rings. The Balaban J connectivity index is 1.62. The van der Waals surface area contributed by atoms with Gasteiger partial charge in [0.05, 0.1) is 0 Å². The van der Waals surface area contributed by atoms with Crippen molar-refractivity contribution in [3.05, 3.63) is 94.5 Å². The molecular weight excluding hydrogens is 429 g/mol. The molecule has 32 heavy (non-hydrogen) atoms. The lowest BCUT2D eigenvalue weighted by atomic mass is 9.99. The maximum Gasteiger partial charge on any atom is 0.254 e. The molecule has 4 rings (SSSR count). The molecule has 1 atom stereocenters. The second-order valence-electron chi connectivity index (χ2n) is 7.87. The number of hydrogen-bond acceptors (Lipinski definition) is 2. The Morgan fingerprint density at radius 3 is 2.53 bits per heavy atom. The second kappa shape index (κ2) is 9.57. The molecule has 2 amide bonds. The molecule has 3 aromatic rings. The maximum atomic E-state index is 14.8. The van der Waals surface area contributed by atoms with Crippen LogP contribution in [0.1, 0.15) is 41.0 Å². The van der Waals surface area contributed by atoms with Crippen LogP contribution in [0.3, 0.4) is 0 Å². The van der Waals surface area contributed by atoms with E-state index in [1.54, 1.807) is 52.3 Å². The van der Waals surface area contributed by atoms with Crippen LogP contribution in [0.2, 0.25) is 5.02 Å². The predicted molar refractivity (Wildman–Crippen MR) is 122 cm³/mol. The highest BCUT2D eigenvalue weighted by Crippen LogP contribution is 2.34. The predicted octanol–water partition coefficient (Wildman–Crippen LogP) is 4.76. The first-order valence-corrected chi connectivity index (χ1v) is 11.1. The number of aromatic nitrogens is 1. The number of amides is 2. The van der Waals surface area contributed by atoms with Gasteiger partial charge in [0.25, 0.3) is 5.91 Å². The largest absolute Gasteiger partial charge is 0.348 e. The Labute approximate surface area is 192 Å². The summed E-state index contributed by atoms with van der Waals surface area (Å²) in [6, 6.07) is 16.5. The second-order valence-corrected chi connectivity index (χ2v) is 8.31. The highest BCUT2D eigenvalue weighted by atomic mass is 35.5. The van der Waals surface area contributed by atoms with Gasteiger partial charge in [0.1, 0.15) is 18.4 Å². The van der Waals surface area contributed by atoms with Gasteiger partial charge in [0.2, 0.25) is 5.91 Å². The summed E-state index contributed by atoms with van der Waals surface area (Å²) in [5.41, 5.74) is 1.79. The van der Waals surface area contributed by atoms with Crippen molar-refractivity contribution < 1.29 is 14.0 Å². The number of carbonyl (C=O) groups is 2. The fourth-order valence-electron chi connectivity index (χ4n) is 4.23. The van der Waals surface area contributed by atoms with E-state index in [-0.39, 0.29) is 24.2 Å². The Morgan fingerprint density at radius 1 is 1.06 bits per heavy atom. The van der Waals surface area contributed by atoms with Gasteiger partial charge in [-0.2, -0.15) is 0 Å². The van der Waals surface area contributed by atoms with Crippen LogP contribution in [-0.2, 0) is 11.3 Å². The topological polar surface area (TPSA) is 45.6 Å². The van der Waals surface area contributed by atoms with Gasteiger partial charge >= 0.3 is 0 Å². The first kappa shape index (κ1) is 22.1. The highest BCUT2D eigenvalue weighted by Gasteiger charge is 2.34. The molecule has 2 aromatic carbocycles. The van der Waals surface area contributed by atoms with Crippen LogP contribution in [-0.4, -0.2) is 45.8 Å². The van der Waals surface area contributed by atoms with E-state index in [0.717, 1.165) is 5.69 Å². The van der Waals surface area contributed by atoms with Gasteiger partial charge in [-0.3, -0.25) is 9.59 Å². The summed E-state index contributed by atoms with van der Waals surface area (Å²) in [5.74, 6) is -0.784. The lowest BCUT2D eigenvalue weighted by Crippen LogP contribution is -2.48. The van der Waals surface area contributed by atoms with Gasteiger partial charge in [-0.25, -0.2) is 4.39 Å². The maximum absolute atomic E-state index is 14.8. The quantitative estimate of drug-likeness (QED) is 0.540. The zero-order valence-corrected chi connectivity index (χ0v) is 18.6. The van der Waals surface area contributed by atoms with Crippen LogP contribution < -0.4 is 0 Å². The van der Waals surface area contributed by atoms with Gasteiger partial charge in [0.15, 0.2) is 0 Å². The van der Waals surface area contributed by atoms with Gasteiger partial charge in [-0.1, -0.05) is 36.7 Å². The van der Waals surface area contributed by atoms with E-state index < -0.39 is 6.04 Å². The third-order valence-electron chi connectivity index (χ3n) is 5.76. The average molecular weight is 454 g/mol. The zero-order chi connectivity index (χ0) is 22.7. The molecule has 0 radical (unpaired) electrons. The van der Waals surface area contributed by atoms with Gasteiger partial charge in [-0.15, -0.1) is 0 Å². The van der Waals surface area contributed by atoms with E-state index in [0.29, 0.717) is 42.2 Å². The molecule has 0 bridgehead atoms. The molecule has 5 nitrogen and oxygen atoms in total. The first-order valence-electron chi connectivity index (χ1n) is 10.7. The van der Waals surface area contributed by atoms with Crippen molar-refractivity contribution in [2.75, 3.05) is 19.6 Å². The molecule has 7 heteroatoms. The van der Waals surface area contributed by atoms with Crippen LogP contribution in [0.5, 0.6) is 0 Å². The third-order valence-corrected chi connectivity index (χ3v) is 6.01. The van der Waals surface area contributed by atoms with E-state index in [2.05, 4.69) is 0 Å². The Hall–Kier alpha value is -3.12. The van der Waals surface area contributed by atoms with Crippen LogP contribution in [0, 0.1) is 5.82 Å². The summed E-state index contributed by atoms with van der Waals surface area (Å²) < 4.78 is 16.8. The monoisotopic (exact) mass is 453 g/mol. The van der Waals surface area contributed by atoms with E-state index in [4.69, 9.17) is 11.6 Å². The fraction of sp³-hybridized carbons (Fsp3) is 0.280. The van der Waals surface area contributed by atoms with Crippen molar-refractivity contribution in [1.29, 1.82) is 0 Å². The summed E-state index contributed by atoms with van der Waals surface area (Å²) in [7, 11) is 0. The number of halogens is 2. The number of benzene rings is 2. The molecule has 0 aliphatic carbocycles. The standard InChI is InChI=1S/C25H25ClFN3O2/c1-2-13-29(25(32)18-9-11-19(26)12-10-18)17-23(31)30-16-15-28-14-5-8-22(28)24(30)20-6-3-4-7-21(20)27/h3-12,14,24H,2,13,15-17H2,1H3/t24-/m0/s1. The molecule has 0 spiro atoms. The molecule has 166 valence electrons. The summed E-state index contributed by atoms with van der Waals surface area (Å²) in [5, 5.41) is 0.545. The summed E-state index contributed by atoms with van der Waals surface area (Å²) >= 11 is 5.94. The number of carbonyl (C=O) groups excluding carboxylic acids is 2. The number of rotatable bonds is 6. The molecular formula is C25H25ClFN3O2. The number of nitrogens with zero attached hydrogens (tertiary/aromatic N) is 3. The van der Waals surface area contributed by atoms with E-state index >= 15 is 0 Å². The van der Waals surface area contributed by atoms with Crippen molar-refractivity contribution in [2.24, 2.45) is 0 Å². The normalized spacial score (nSPS) is 15.3. The van der Waals surface area contributed by atoms with Gasteiger partial charge < -0.3 is 14.4 Å². The van der Waals surface area contributed by atoms with Crippen molar-refractivity contribution in [3.8, 4) is 0 Å². The molecule has 0 saturated heterocycles. The molecule has 0 saturated carbocycles. The van der Waals surface area contributed by atoms with E-state index in [1.165, 1.54) is 6.07 Å². The van der Waals surface area contributed by atoms with Gasteiger partial charge in [0, 0.05) is 47.7 Å². The van der Waals surface area contributed by atoms with E-state index in [9.17, 15) is 14.0 Å². The van der Waals surface area contributed by atoms with Crippen molar-refractivity contribution >= 4 is 23.4 Å². The molecule has 0 N–H and O–H groups in total. The average Bonchev–Trinajstić information content (AvgIpc) is 3.27. The summed E-state index contributed by atoms with van der Waals surface area (Å²) in [6.45, 7) is 3.40. The van der Waals surface area contributed by atoms with Gasteiger partial charge in [-0.05, 0) is 48.9 Å². The SMILES string of the molecule is CCCN(CC(=O)N1CCn2cccc2[C@@H]1c1ccccc1F)C(=O)c1ccc(Cl)cc1. The Morgan fingerprint density at radius 2 is 1.81 bits per heavy atom. The molecule has 2 heterocycles. The molecule has 1 aliphatic rings. The van der Waals surface area contributed by atoms with Crippen molar-refractivity contribution in [1.82, 2.24) is 14.4 Å².